The van der Waals surface area contributed by atoms with E-state index in [0.717, 1.165) is 16.9 Å². The van der Waals surface area contributed by atoms with Gasteiger partial charge in [-0.25, -0.2) is 0 Å². The Kier molecular flexibility index (Phi) is 7.60. The number of hydrogen-bond acceptors (Lipinski definition) is 3. The summed E-state index contributed by atoms with van der Waals surface area (Å²) < 4.78 is 0.115. The molecule has 0 saturated carbocycles. The molecule has 118 valence electrons. The van der Waals surface area contributed by atoms with Crippen molar-refractivity contribution in [3.8, 4) is 0 Å². The SMILES string of the molecule is CC(C)(C)[O-].N[N+]1(c2cncc(Cl)c2)C=Cc2ccccc21.[H-].[K+]. The number of halogens is 1. The number of quaternary nitrogens is 1. The van der Waals surface area contributed by atoms with E-state index in [-0.39, 0.29) is 57.4 Å². The largest absolute Gasteiger partial charge is 1.00 e. The summed E-state index contributed by atoms with van der Waals surface area (Å²) in [7, 11) is 0. The van der Waals surface area contributed by atoms with Crippen molar-refractivity contribution in [1.29, 1.82) is 0 Å². The van der Waals surface area contributed by atoms with Crippen LogP contribution in [0.1, 0.15) is 27.8 Å². The quantitative estimate of drug-likeness (QED) is 0.459. The van der Waals surface area contributed by atoms with Crippen LogP contribution in [-0.4, -0.2) is 10.6 Å². The number of benzene rings is 1. The summed E-state index contributed by atoms with van der Waals surface area (Å²) in [6.07, 6.45) is 7.27. The molecular formula is C17H21ClKN3O. The van der Waals surface area contributed by atoms with Gasteiger partial charge in [-0.3, -0.25) is 4.98 Å². The summed E-state index contributed by atoms with van der Waals surface area (Å²) in [4.78, 5) is 4.09. The molecule has 0 radical (unpaired) electrons. The first kappa shape index (κ1) is 21.0. The molecule has 1 aromatic heterocycles. The molecule has 4 nitrogen and oxygen atoms in total. The monoisotopic (exact) mass is 357 g/mol. The predicted molar refractivity (Wildman–Crippen MR) is 91.2 cm³/mol. The Morgan fingerprint density at radius 1 is 1.22 bits per heavy atom. The number of rotatable bonds is 1. The molecule has 3 rings (SSSR count). The third-order valence-corrected chi connectivity index (χ3v) is 3.15. The van der Waals surface area contributed by atoms with Crippen LogP contribution in [0.3, 0.4) is 0 Å². The second-order valence-electron chi connectivity index (χ2n) is 6.13. The number of hydrogen-bond donors (Lipinski definition) is 1. The molecule has 0 amide bonds. The molecule has 0 fully saturated rings. The topological polar surface area (TPSA) is 62.0 Å². The van der Waals surface area contributed by atoms with Crippen molar-refractivity contribution in [2.24, 2.45) is 5.84 Å². The maximum absolute atomic E-state index is 10.1. The van der Waals surface area contributed by atoms with E-state index in [4.69, 9.17) is 17.4 Å². The molecule has 6 heteroatoms. The Labute approximate surface area is 186 Å². The summed E-state index contributed by atoms with van der Waals surface area (Å²) in [6.45, 7) is 4.90. The molecule has 0 aliphatic carbocycles. The Bertz CT molecular complexity index is 700. The van der Waals surface area contributed by atoms with Gasteiger partial charge in [0.25, 0.3) is 0 Å². The van der Waals surface area contributed by atoms with E-state index in [1.54, 1.807) is 33.2 Å². The van der Waals surface area contributed by atoms with E-state index in [1.165, 1.54) is 0 Å². The number of nitrogens with two attached hydrogens (primary N) is 1. The average molecular weight is 358 g/mol. The smallest absolute Gasteiger partial charge is 1.00 e. The van der Waals surface area contributed by atoms with Crippen LogP contribution in [0.4, 0.5) is 11.4 Å². The first-order valence-electron chi connectivity index (χ1n) is 6.98. The number of pyridine rings is 1. The van der Waals surface area contributed by atoms with Gasteiger partial charge in [0.15, 0.2) is 11.4 Å². The average Bonchev–Trinajstić information content (AvgIpc) is 2.77. The van der Waals surface area contributed by atoms with Crippen molar-refractivity contribution in [3.63, 3.8) is 0 Å². The molecule has 2 N–H and O–H groups in total. The van der Waals surface area contributed by atoms with Gasteiger partial charge in [0.1, 0.15) is 6.20 Å². The first-order valence-corrected chi connectivity index (χ1v) is 7.36. The summed E-state index contributed by atoms with van der Waals surface area (Å²) in [6, 6.07) is 9.85. The second kappa shape index (κ2) is 8.34. The fourth-order valence-corrected chi connectivity index (χ4v) is 2.24. The fraction of sp³-hybridized carbons (Fsp3) is 0.235. The van der Waals surface area contributed by atoms with Crippen LogP contribution in [0, 0.1) is 0 Å². The molecule has 0 saturated heterocycles. The molecule has 1 aliphatic heterocycles. The normalized spacial score (nSPS) is 18.5. The van der Waals surface area contributed by atoms with Crippen LogP contribution >= 0.6 is 11.6 Å². The molecule has 2 heterocycles. The Morgan fingerprint density at radius 2 is 1.83 bits per heavy atom. The molecule has 0 bridgehead atoms. The zero-order valence-corrected chi connectivity index (χ0v) is 17.8. The molecule has 1 atom stereocenters. The number of para-hydroxylation sites is 1. The number of nitrogens with zero attached hydrogens (tertiary/aromatic N) is 2. The first-order chi connectivity index (χ1) is 10.2. The van der Waals surface area contributed by atoms with Crippen molar-refractivity contribution in [3.05, 3.63) is 59.5 Å². The summed E-state index contributed by atoms with van der Waals surface area (Å²) in [5.74, 6) is 6.41. The van der Waals surface area contributed by atoms with Crippen molar-refractivity contribution >= 4 is 29.1 Å². The summed E-state index contributed by atoms with van der Waals surface area (Å²) >= 11 is 5.96. The van der Waals surface area contributed by atoms with E-state index in [9.17, 15) is 5.11 Å². The van der Waals surface area contributed by atoms with Crippen LogP contribution in [0.25, 0.3) is 6.08 Å². The minimum absolute atomic E-state index is 0. The predicted octanol–water partition coefficient (Wildman–Crippen LogP) is 0.494. The van der Waals surface area contributed by atoms with Crippen molar-refractivity contribution < 1.29 is 57.9 Å². The van der Waals surface area contributed by atoms with Crippen LogP contribution in [0.5, 0.6) is 0 Å². The minimum atomic E-state index is -0.750. The molecule has 1 aromatic carbocycles. The van der Waals surface area contributed by atoms with Gasteiger partial charge in [0.05, 0.1) is 11.2 Å². The second-order valence-corrected chi connectivity index (χ2v) is 6.56. The van der Waals surface area contributed by atoms with E-state index in [0.29, 0.717) is 5.02 Å². The zero-order chi connectivity index (χ0) is 16.4. The molecule has 23 heavy (non-hydrogen) atoms. The van der Waals surface area contributed by atoms with E-state index < -0.39 is 5.60 Å². The molecular weight excluding hydrogens is 337 g/mol. The molecule has 1 unspecified atom stereocenters. The van der Waals surface area contributed by atoms with Crippen molar-refractivity contribution in [2.75, 3.05) is 0 Å². The number of aromatic nitrogens is 1. The van der Waals surface area contributed by atoms with Crippen LogP contribution in [-0.2, 0) is 0 Å². The minimum Gasteiger partial charge on any atom is -1.00 e. The third-order valence-electron chi connectivity index (χ3n) is 2.94. The van der Waals surface area contributed by atoms with E-state index in [1.807, 2.05) is 42.6 Å². The van der Waals surface area contributed by atoms with Gasteiger partial charge in [0, 0.05) is 30.0 Å². The van der Waals surface area contributed by atoms with Crippen LogP contribution in [0.2, 0.25) is 5.02 Å². The summed E-state index contributed by atoms with van der Waals surface area (Å²) in [5, 5.41) is 10.7. The van der Waals surface area contributed by atoms with Crippen LogP contribution in [0.15, 0.2) is 48.9 Å². The van der Waals surface area contributed by atoms with Gasteiger partial charge < -0.3 is 6.53 Å². The van der Waals surface area contributed by atoms with Gasteiger partial charge in [-0.05, 0) is 6.07 Å². The Morgan fingerprint density at radius 3 is 2.43 bits per heavy atom. The van der Waals surface area contributed by atoms with Crippen LogP contribution < -0.4 is 66.9 Å². The van der Waals surface area contributed by atoms with E-state index >= 15 is 0 Å². The van der Waals surface area contributed by atoms with Crippen molar-refractivity contribution in [2.45, 2.75) is 26.4 Å². The third kappa shape index (κ3) is 5.74. The molecule has 0 spiro atoms. The fourth-order valence-electron chi connectivity index (χ4n) is 2.07. The van der Waals surface area contributed by atoms with Gasteiger partial charge in [-0.1, -0.05) is 44.5 Å². The number of fused-ring (bicyclic) bond motifs is 1. The van der Waals surface area contributed by atoms with Gasteiger partial charge in [-0.2, -0.15) is 10.4 Å². The maximum atomic E-state index is 10.1. The van der Waals surface area contributed by atoms with Gasteiger partial charge in [-0.15, -0.1) is 5.60 Å². The zero-order valence-electron chi connectivity index (χ0n) is 15.0. The van der Waals surface area contributed by atoms with Gasteiger partial charge in [0.2, 0.25) is 0 Å². The summed E-state index contributed by atoms with van der Waals surface area (Å²) in [5.41, 5.74) is 2.24. The van der Waals surface area contributed by atoms with E-state index in [2.05, 4.69) is 4.98 Å². The molecule has 2 aromatic rings. The standard InChI is InChI=1S/C13H11ClN3.C4H9O.K.H/c14-11-7-12(9-16-8-11)17(15)6-5-10-3-1-2-4-13(10)17;1-4(2,3)5;;/h1-9H,15H2;1-3H3;;/q+1;-1;+1;-1. The Hall–Kier alpha value is -0.0836. The van der Waals surface area contributed by atoms with Crippen molar-refractivity contribution in [1.82, 2.24) is 9.58 Å². The van der Waals surface area contributed by atoms with Gasteiger partial charge >= 0.3 is 51.4 Å². The maximum Gasteiger partial charge on any atom is 1.00 e. The Balaban J connectivity index is 0.000000673. The molecule has 1 aliphatic rings.